The highest BCUT2D eigenvalue weighted by atomic mass is 15.0. The average Bonchev–Trinajstić information content (AvgIpc) is 3.25. The molecule has 0 radical (unpaired) electrons. The van der Waals surface area contributed by atoms with Gasteiger partial charge in [-0.05, 0) is 52.7 Å². The Balaban J connectivity index is 1.62. The van der Waals surface area contributed by atoms with Crippen LogP contribution in [0, 0.1) is 5.41 Å². The smallest absolute Gasteiger partial charge is 0.0991 e. The predicted molar refractivity (Wildman–Crippen MR) is 99.2 cm³/mol. The summed E-state index contributed by atoms with van der Waals surface area (Å²) in [5, 5.41) is 0. The number of nitrogens with zero attached hydrogens (tertiary/aromatic N) is 2. The second-order valence-electron chi connectivity index (χ2n) is 7.18. The molecule has 2 aromatic carbocycles. The van der Waals surface area contributed by atoms with Gasteiger partial charge in [0.25, 0.3) is 0 Å². The van der Waals surface area contributed by atoms with Gasteiger partial charge in [0, 0.05) is 18.1 Å². The minimum absolute atomic E-state index is 0.111. The van der Waals surface area contributed by atoms with Crippen molar-refractivity contribution in [2.24, 2.45) is 5.41 Å². The van der Waals surface area contributed by atoms with Crippen LogP contribution in [0.15, 0.2) is 73.3 Å². The topological polar surface area (TPSA) is 17.8 Å². The standard InChI is InChI=1S/C22H22N2/c1-22(2,21-11-10-18-7-3-4-9-20(18)21)15-17-6-5-8-19(14-17)24-13-12-23-16-24/h3-9,11-14,16H,10,15H2,1-2H3. The van der Waals surface area contributed by atoms with Crippen molar-refractivity contribution in [3.05, 3.63) is 90.0 Å². The first-order valence-corrected chi connectivity index (χ1v) is 8.50. The first-order chi connectivity index (χ1) is 11.6. The number of hydrogen-bond donors (Lipinski definition) is 0. The SMILES string of the molecule is CC(C)(Cc1cccc(-n2ccnc2)c1)C1=CCc2ccccc21. The highest BCUT2D eigenvalue weighted by molar-refractivity contribution is 5.76. The van der Waals surface area contributed by atoms with E-state index >= 15 is 0 Å². The van der Waals surface area contributed by atoms with Gasteiger partial charge in [-0.1, -0.05) is 56.3 Å². The predicted octanol–water partition coefficient (Wildman–Crippen LogP) is 5.08. The van der Waals surface area contributed by atoms with E-state index in [0.717, 1.165) is 12.8 Å². The van der Waals surface area contributed by atoms with Crippen LogP contribution in [-0.2, 0) is 12.8 Å². The maximum atomic E-state index is 4.14. The number of rotatable bonds is 4. The molecule has 0 amide bonds. The quantitative estimate of drug-likeness (QED) is 0.656. The van der Waals surface area contributed by atoms with Gasteiger partial charge in [0.2, 0.25) is 0 Å². The van der Waals surface area contributed by atoms with E-state index in [4.69, 9.17) is 0 Å². The van der Waals surface area contributed by atoms with Gasteiger partial charge in [-0.15, -0.1) is 0 Å². The summed E-state index contributed by atoms with van der Waals surface area (Å²) in [4.78, 5) is 4.14. The molecule has 2 nitrogen and oxygen atoms in total. The molecule has 0 N–H and O–H groups in total. The third-order valence-electron chi connectivity index (χ3n) is 4.92. The first-order valence-electron chi connectivity index (χ1n) is 8.50. The third-order valence-corrected chi connectivity index (χ3v) is 4.92. The molecule has 0 unspecified atom stereocenters. The Morgan fingerprint density at radius 2 is 1.96 bits per heavy atom. The zero-order valence-corrected chi connectivity index (χ0v) is 14.2. The number of imidazole rings is 1. The third kappa shape index (κ3) is 2.69. The largest absolute Gasteiger partial charge is 0.306 e. The molecule has 1 aliphatic rings. The molecule has 0 aliphatic heterocycles. The molecule has 0 saturated carbocycles. The van der Waals surface area contributed by atoms with E-state index in [2.05, 4.69) is 78.0 Å². The van der Waals surface area contributed by atoms with Gasteiger partial charge in [-0.3, -0.25) is 0 Å². The Labute approximate surface area is 143 Å². The average molecular weight is 314 g/mol. The molecule has 2 heteroatoms. The summed E-state index contributed by atoms with van der Waals surface area (Å²) in [6, 6.07) is 17.5. The van der Waals surface area contributed by atoms with Gasteiger partial charge in [0.1, 0.15) is 0 Å². The molecule has 3 aromatic rings. The Hall–Kier alpha value is -2.61. The molecule has 0 bridgehead atoms. The first kappa shape index (κ1) is 14.9. The summed E-state index contributed by atoms with van der Waals surface area (Å²) in [7, 11) is 0. The van der Waals surface area contributed by atoms with Crippen molar-refractivity contribution in [2.45, 2.75) is 26.7 Å². The van der Waals surface area contributed by atoms with Crippen molar-refractivity contribution in [2.75, 3.05) is 0 Å². The Morgan fingerprint density at radius 3 is 2.79 bits per heavy atom. The number of allylic oxidation sites excluding steroid dienone is 2. The maximum Gasteiger partial charge on any atom is 0.0991 e. The molecule has 1 heterocycles. The zero-order valence-electron chi connectivity index (χ0n) is 14.2. The lowest BCUT2D eigenvalue weighted by Gasteiger charge is -2.28. The summed E-state index contributed by atoms with van der Waals surface area (Å²) in [6.07, 6.45) is 10.1. The van der Waals surface area contributed by atoms with Crippen LogP contribution in [0.2, 0.25) is 0 Å². The lowest BCUT2D eigenvalue weighted by Crippen LogP contribution is -2.17. The molecular weight excluding hydrogens is 292 g/mol. The van der Waals surface area contributed by atoms with Crippen molar-refractivity contribution in [1.29, 1.82) is 0 Å². The normalized spacial score (nSPS) is 13.7. The van der Waals surface area contributed by atoms with Crippen molar-refractivity contribution < 1.29 is 0 Å². The lowest BCUT2D eigenvalue weighted by molar-refractivity contribution is 0.499. The Morgan fingerprint density at radius 1 is 1.08 bits per heavy atom. The van der Waals surface area contributed by atoms with Gasteiger partial charge in [-0.25, -0.2) is 4.98 Å². The summed E-state index contributed by atoms with van der Waals surface area (Å²) < 4.78 is 2.06. The fourth-order valence-electron chi connectivity index (χ4n) is 3.77. The van der Waals surface area contributed by atoms with Crippen LogP contribution in [-0.4, -0.2) is 9.55 Å². The molecule has 1 aromatic heterocycles. The molecule has 0 saturated heterocycles. The van der Waals surface area contributed by atoms with Gasteiger partial charge in [-0.2, -0.15) is 0 Å². The van der Waals surface area contributed by atoms with Crippen LogP contribution in [0.1, 0.15) is 30.5 Å². The van der Waals surface area contributed by atoms with Crippen molar-refractivity contribution >= 4 is 5.57 Å². The molecule has 4 rings (SSSR count). The summed E-state index contributed by atoms with van der Waals surface area (Å²) in [6.45, 7) is 4.70. The molecule has 1 aliphatic carbocycles. The highest BCUT2D eigenvalue weighted by Crippen LogP contribution is 2.42. The number of benzene rings is 2. The maximum absolute atomic E-state index is 4.14. The summed E-state index contributed by atoms with van der Waals surface area (Å²) >= 11 is 0. The highest BCUT2D eigenvalue weighted by Gasteiger charge is 2.28. The van der Waals surface area contributed by atoms with Crippen LogP contribution in [0.25, 0.3) is 11.3 Å². The summed E-state index contributed by atoms with van der Waals surface area (Å²) in [5.74, 6) is 0. The van der Waals surface area contributed by atoms with Crippen LogP contribution >= 0.6 is 0 Å². The van der Waals surface area contributed by atoms with Crippen LogP contribution in [0.4, 0.5) is 0 Å². The van der Waals surface area contributed by atoms with Crippen LogP contribution in [0.3, 0.4) is 0 Å². The van der Waals surface area contributed by atoms with Crippen molar-refractivity contribution in [3.63, 3.8) is 0 Å². The lowest BCUT2D eigenvalue weighted by atomic mass is 9.76. The molecule has 120 valence electrons. The fraction of sp³-hybridized carbons (Fsp3) is 0.227. The molecular formula is C22H22N2. The monoisotopic (exact) mass is 314 g/mol. The van der Waals surface area contributed by atoms with Crippen molar-refractivity contribution in [1.82, 2.24) is 9.55 Å². The van der Waals surface area contributed by atoms with E-state index in [9.17, 15) is 0 Å². The number of hydrogen-bond acceptors (Lipinski definition) is 1. The number of fused-ring (bicyclic) bond motifs is 1. The van der Waals surface area contributed by atoms with Gasteiger partial charge < -0.3 is 4.57 Å². The Bertz CT molecular complexity index is 886. The zero-order chi connectivity index (χ0) is 16.6. The van der Waals surface area contributed by atoms with Crippen LogP contribution < -0.4 is 0 Å². The van der Waals surface area contributed by atoms with E-state index in [-0.39, 0.29) is 5.41 Å². The fourth-order valence-corrected chi connectivity index (χ4v) is 3.77. The van der Waals surface area contributed by atoms with Gasteiger partial charge in [0.05, 0.1) is 6.33 Å². The minimum atomic E-state index is 0.111. The van der Waals surface area contributed by atoms with E-state index < -0.39 is 0 Å². The van der Waals surface area contributed by atoms with E-state index in [1.165, 1.54) is 28.0 Å². The van der Waals surface area contributed by atoms with Crippen LogP contribution in [0.5, 0.6) is 0 Å². The second kappa shape index (κ2) is 5.79. The molecule has 0 fully saturated rings. The number of aromatic nitrogens is 2. The molecule has 24 heavy (non-hydrogen) atoms. The molecule has 0 atom stereocenters. The van der Waals surface area contributed by atoms with E-state index in [1.54, 1.807) is 0 Å². The van der Waals surface area contributed by atoms with Gasteiger partial charge in [0.15, 0.2) is 0 Å². The second-order valence-corrected chi connectivity index (χ2v) is 7.18. The van der Waals surface area contributed by atoms with E-state index in [1.807, 2.05) is 18.7 Å². The van der Waals surface area contributed by atoms with Crippen molar-refractivity contribution in [3.8, 4) is 5.69 Å². The minimum Gasteiger partial charge on any atom is -0.306 e. The van der Waals surface area contributed by atoms with E-state index in [0.29, 0.717) is 0 Å². The Kier molecular flexibility index (Phi) is 3.61. The summed E-state index contributed by atoms with van der Waals surface area (Å²) in [5.41, 5.74) is 6.99. The molecule has 0 spiro atoms. The van der Waals surface area contributed by atoms with Gasteiger partial charge >= 0.3 is 0 Å².